The van der Waals surface area contributed by atoms with Crippen LogP contribution in [0.1, 0.15) is 31.7 Å². The van der Waals surface area contributed by atoms with Gasteiger partial charge in [0.2, 0.25) is 5.91 Å². The highest BCUT2D eigenvalue weighted by molar-refractivity contribution is 5.74. The molecule has 0 saturated carbocycles. The number of aromatic nitrogens is 2. The molecule has 4 N–H and O–H groups in total. The van der Waals surface area contributed by atoms with Gasteiger partial charge >= 0.3 is 5.69 Å². The molecule has 0 aliphatic rings. The molecule has 0 aromatic carbocycles. The standard InChI is InChI=1S/C11H18N4O3/c1-2-8-7-15(11(18)13-10(8)17)6-4-3-5-9(16)14-12/h7H,2-6,12H2,1H3,(H,14,16)(H,13,17,18). The topological polar surface area (TPSA) is 110 Å². The van der Waals surface area contributed by atoms with Crippen molar-refractivity contribution < 1.29 is 4.79 Å². The van der Waals surface area contributed by atoms with Crippen molar-refractivity contribution in [2.45, 2.75) is 39.2 Å². The lowest BCUT2D eigenvalue weighted by Gasteiger charge is -2.06. The minimum atomic E-state index is -0.416. The number of nitrogens with zero attached hydrogens (tertiary/aromatic N) is 1. The second-order valence-electron chi connectivity index (χ2n) is 3.99. The molecule has 0 bridgehead atoms. The molecule has 1 aromatic heterocycles. The number of hydrazine groups is 1. The van der Waals surface area contributed by atoms with Crippen LogP contribution in [0.25, 0.3) is 0 Å². The highest BCUT2D eigenvalue weighted by Crippen LogP contribution is 1.98. The van der Waals surface area contributed by atoms with Crippen LogP contribution in [0.15, 0.2) is 15.8 Å². The summed E-state index contributed by atoms with van der Waals surface area (Å²) in [6, 6.07) is 0. The third-order valence-electron chi connectivity index (χ3n) is 2.68. The van der Waals surface area contributed by atoms with E-state index in [1.165, 1.54) is 4.57 Å². The molecule has 1 rings (SSSR count). The summed E-state index contributed by atoms with van der Waals surface area (Å²) in [5.74, 6) is 4.73. The van der Waals surface area contributed by atoms with Gasteiger partial charge in [0, 0.05) is 24.7 Å². The number of amides is 1. The Labute approximate surface area is 104 Å². The Kier molecular flexibility index (Phi) is 5.31. The maximum absolute atomic E-state index is 11.5. The van der Waals surface area contributed by atoms with Crippen molar-refractivity contribution in [3.8, 4) is 0 Å². The Morgan fingerprint density at radius 1 is 1.44 bits per heavy atom. The number of carbonyl (C=O) groups is 1. The summed E-state index contributed by atoms with van der Waals surface area (Å²) in [4.78, 5) is 36.0. The van der Waals surface area contributed by atoms with Crippen molar-refractivity contribution in [2.24, 2.45) is 5.84 Å². The summed E-state index contributed by atoms with van der Waals surface area (Å²) in [5.41, 5.74) is 1.88. The molecule has 18 heavy (non-hydrogen) atoms. The molecule has 0 aliphatic heterocycles. The van der Waals surface area contributed by atoms with E-state index in [2.05, 4.69) is 4.98 Å². The van der Waals surface area contributed by atoms with Crippen LogP contribution in [0.5, 0.6) is 0 Å². The molecule has 7 nitrogen and oxygen atoms in total. The minimum absolute atomic E-state index is 0.224. The third-order valence-corrected chi connectivity index (χ3v) is 2.68. The first-order valence-corrected chi connectivity index (χ1v) is 5.90. The Morgan fingerprint density at radius 3 is 2.78 bits per heavy atom. The smallest absolute Gasteiger partial charge is 0.300 e. The van der Waals surface area contributed by atoms with Gasteiger partial charge in [-0.15, -0.1) is 0 Å². The first-order valence-electron chi connectivity index (χ1n) is 5.90. The Bertz CT molecular complexity index is 518. The number of nitrogens with one attached hydrogen (secondary N) is 2. The van der Waals surface area contributed by atoms with Gasteiger partial charge in [0.05, 0.1) is 0 Å². The number of H-pyrrole nitrogens is 1. The largest absolute Gasteiger partial charge is 0.328 e. The van der Waals surface area contributed by atoms with E-state index < -0.39 is 5.69 Å². The number of aromatic amines is 1. The van der Waals surface area contributed by atoms with E-state index in [9.17, 15) is 14.4 Å². The van der Waals surface area contributed by atoms with E-state index in [1.807, 2.05) is 12.3 Å². The molecule has 0 aliphatic carbocycles. The Morgan fingerprint density at radius 2 is 2.17 bits per heavy atom. The van der Waals surface area contributed by atoms with Crippen LogP contribution in [-0.2, 0) is 17.8 Å². The molecule has 1 amide bonds. The van der Waals surface area contributed by atoms with Crippen molar-refractivity contribution in [1.29, 1.82) is 0 Å². The fraction of sp³-hybridized carbons (Fsp3) is 0.545. The summed E-state index contributed by atoms with van der Waals surface area (Å²) in [5, 5.41) is 0. The Hall–Kier alpha value is -1.89. The monoisotopic (exact) mass is 254 g/mol. The van der Waals surface area contributed by atoms with Crippen LogP contribution in [0, 0.1) is 0 Å². The molecule has 0 atom stereocenters. The van der Waals surface area contributed by atoms with Gasteiger partial charge in [-0.2, -0.15) is 0 Å². The van der Waals surface area contributed by atoms with Crippen molar-refractivity contribution in [2.75, 3.05) is 0 Å². The minimum Gasteiger partial charge on any atom is -0.300 e. The number of hydrogen-bond acceptors (Lipinski definition) is 4. The van der Waals surface area contributed by atoms with E-state index in [0.29, 0.717) is 37.8 Å². The van der Waals surface area contributed by atoms with Gasteiger partial charge in [0.25, 0.3) is 5.56 Å². The maximum Gasteiger partial charge on any atom is 0.328 e. The van der Waals surface area contributed by atoms with Crippen molar-refractivity contribution in [1.82, 2.24) is 15.0 Å². The quantitative estimate of drug-likeness (QED) is 0.269. The number of aryl methyl sites for hydroxylation is 2. The van der Waals surface area contributed by atoms with Gasteiger partial charge < -0.3 is 4.57 Å². The number of nitrogens with two attached hydrogens (primary N) is 1. The average molecular weight is 254 g/mol. The van der Waals surface area contributed by atoms with E-state index >= 15 is 0 Å². The summed E-state index contributed by atoms with van der Waals surface area (Å²) >= 11 is 0. The molecule has 0 unspecified atom stereocenters. The summed E-state index contributed by atoms with van der Waals surface area (Å²) in [6.07, 6.45) is 3.78. The fourth-order valence-corrected chi connectivity index (χ4v) is 1.61. The molecule has 0 saturated heterocycles. The lowest BCUT2D eigenvalue weighted by molar-refractivity contribution is -0.121. The molecule has 0 fully saturated rings. The highest BCUT2D eigenvalue weighted by atomic mass is 16.2. The van der Waals surface area contributed by atoms with Gasteiger partial charge in [-0.05, 0) is 19.3 Å². The number of rotatable bonds is 6. The zero-order valence-electron chi connectivity index (χ0n) is 10.4. The van der Waals surface area contributed by atoms with Gasteiger partial charge in [0.15, 0.2) is 0 Å². The zero-order valence-corrected chi connectivity index (χ0v) is 10.4. The second-order valence-corrected chi connectivity index (χ2v) is 3.99. The van der Waals surface area contributed by atoms with Crippen LogP contribution in [0.2, 0.25) is 0 Å². The zero-order chi connectivity index (χ0) is 13.5. The molecule has 7 heteroatoms. The fourth-order valence-electron chi connectivity index (χ4n) is 1.61. The van der Waals surface area contributed by atoms with Gasteiger partial charge in [-0.25, -0.2) is 10.6 Å². The molecule has 1 aromatic rings. The van der Waals surface area contributed by atoms with E-state index in [-0.39, 0.29) is 11.5 Å². The van der Waals surface area contributed by atoms with Crippen LogP contribution < -0.4 is 22.5 Å². The molecule has 0 radical (unpaired) electrons. The predicted octanol–water partition coefficient (Wildman–Crippen LogP) is -0.741. The van der Waals surface area contributed by atoms with Crippen LogP contribution in [0.4, 0.5) is 0 Å². The summed E-state index contributed by atoms with van der Waals surface area (Å²) < 4.78 is 1.46. The first kappa shape index (κ1) is 14.2. The average Bonchev–Trinajstić information content (AvgIpc) is 2.36. The third kappa shape index (κ3) is 3.85. The highest BCUT2D eigenvalue weighted by Gasteiger charge is 2.03. The first-order chi connectivity index (χ1) is 8.58. The molecule has 0 spiro atoms. The number of carbonyl (C=O) groups excluding carboxylic acids is 1. The maximum atomic E-state index is 11.5. The van der Waals surface area contributed by atoms with Crippen molar-refractivity contribution in [3.05, 3.63) is 32.6 Å². The number of hydrogen-bond donors (Lipinski definition) is 3. The van der Waals surface area contributed by atoms with Crippen molar-refractivity contribution >= 4 is 5.91 Å². The second kappa shape index (κ2) is 6.75. The summed E-state index contributed by atoms with van der Waals surface area (Å²) in [7, 11) is 0. The molecule has 1 heterocycles. The van der Waals surface area contributed by atoms with Gasteiger partial charge in [-0.3, -0.25) is 20.0 Å². The van der Waals surface area contributed by atoms with Gasteiger partial charge in [-0.1, -0.05) is 6.92 Å². The molecular formula is C11H18N4O3. The van der Waals surface area contributed by atoms with Crippen LogP contribution in [-0.4, -0.2) is 15.5 Å². The molecule has 100 valence electrons. The van der Waals surface area contributed by atoms with Gasteiger partial charge in [0.1, 0.15) is 0 Å². The lowest BCUT2D eigenvalue weighted by Crippen LogP contribution is -2.32. The van der Waals surface area contributed by atoms with Crippen molar-refractivity contribution in [3.63, 3.8) is 0 Å². The van der Waals surface area contributed by atoms with E-state index in [1.54, 1.807) is 6.20 Å². The predicted molar refractivity (Wildman–Crippen MR) is 66.9 cm³/mol. The van der Waals surface area contributed by atoms with E-state index in [4.69, 9.17) is 5.84 Å². The summed E-state index contributed by atoms with van der Waals surface area (Å²) in [6.45, 7) is 2.32. The van der Waals surface area contributed by atoms with Crippen LogP contribution in [0.3, 0.4) is 0 Å². The van der Waals surface area contributed by atoms with Crippen LogP contribution >= 0.6 is 0 Å². The SMILES string of the molecule is CCc1cn(CCCCC(=O)NN)c(=O)[nH]c1=O. The normalized spacial score (nSPS) is 10.3. The van der Waals surface area contributed by atoms with E-state index in [0.717, 1.165) is 0 Å². The Balaban J connectivity index is 2.60. The number of unbranched alkanes of at least 4 members (excludes halogenated alkanes) is 1. The molecular weight excluding hydrogens is 236 g/mol. The lowest BCUT2D eigenvalue weighted by atomic mass is 10.2.